The first-order valence-corrected chi connectivity index (χ1v) is 1.30. The van der Waals surface area contributed by atoms with Crippen LogP contribution in [0.2, 0.25) is 0 Å². The monoisotopic (exact) mass is 218 g/mol. The fourth-order valence-corrected chi connectivity index (χ4v) is 0. The molecule has 0 saturated carbocycles. The molecule has 0 unspecified atom stereocenters. The number of rotatable bonds is 0. The molecular weight excluding hydrogens is 212 g/mol. The Labute approximate surface area is 79.4 Å². The van der Waals surface area contributed by atoms with Crippen molar-refractivity contribution in [2.75, 3.05) is 0 Å². The third-order valence-corrected chi connectivity index (χ3v) is 0. The van der Waals surface area contributed by atoms with Crippen molar-refractivity contribution in [2.45, 2.75) is 0 Å². The van der Waals surface area contributed by atoms with Gasteiger partial charge in [-0.2, -0.15) is 0 Å². The first kappa shape index (κ1) is 22.6. The zero-order chi connectivity index (χ0) is 7.15. The molecule has 0 aromatic rings. The van der Waals surface area contributed by atoms with Crippen LogP contribution >= 0.6 is 0 Å². The Kier molecular flexibility index (Phi) is 35.9. The molecule has 10 heavy (non-hydrogen) atoms. The summed E-state index contributed by atoms with van der Waals surface area (Å²) in [5.74, 6) is 0. The summed E-state index contributed by atoms with van der Waals surface area (Å²) >= 11 is 0. The molecule has 0 aliphatic rings. The van der Waals surface area contributed by atoms with Crippen LogP contribution in [0.5, 0.6) is 0 Å². The predicted molar refractivity (Wildman–Crippen MR) is 31.2 cm³/mol. The molecule has 0 heterocycles. The van der Waals surface area contributed by atoms with Crippen LogP contribution in [0.15, 0.2) is 0 Å². The summed E-state index contributed by atoms with van der Waals surface area (Å²) in [7, 11) is 0. The van der Waals surface area contributed by atoms with E-state index in [0.29, 0.717) is 0 Å². The molecule has 0 radical (unpaired) electrons. The average molecular weight is 219 g/mol. The van der Waals surface area contributed by atoms with E-state index in [1.165, 1.54) is 0 Å². The van der Waals surface area contributed by atoms with Crippen LogP contribution in [0.25, 0.3) is 0 Å². The predicted octanol–water partition coefficient (Wildman–Crippen LogP) is -0.742. The van der Waals surface area contributed by atoms with Crippen molar-refractivity contribution in [3.8, 4) is 0 Å². The smallest absolute Gasteiger partial charge is 0.450 e. The molecular formula is C2H7AlO6Zn. The Morgan fingerprint density at radius 1 is 0.800 bits per heavy atom. The maximum atomic E-state index is 8.56. The van der Waals surface area contributed by atoms with Gasteiger partial charge in [-0.15, -0.1) is 0 Å². The fraction of sp³-hybridized carbons (Fsp3) is 0. The molecule has 0 aliphatic heterocycles. The Balaban J connectivity index is -0.0000000300. The van der Waals surface area contributed by atoms with Crippen LogP contribution < -0.4 is 0 Å². The summed E-state index contributed by atoms with van der Waals surface area (Å²) in [6, 6.07) is 0. The third kappa shape index (κ3) is 3730. The van der Waals surface area contributed by atoms with E-state index >= 15 is 0 Å². The average Bonchev–Trinajstić information content (AvgIpc) is 1.25. The van der Waals surface area contributed by atoms with Crippen molar-refractivity contribution in [3.05, 3.63) is 0 Å². The van der Waals surface area contributed by atoms with E-state index in [0.717, 1.165) is 0 Å². The van der Waals surface area contributed by atoms with Crippen LogP contribution in [0, 0.1) is 0 Å². The maximum Gasteiger partial charge on any atom is 0.503 e. The normalized spacial score (nSPS) is 4.80. The van der Waals surface area contributed by atoms with Gasteiger partial charge in [0.05, 0.1) is 0 Å². The number of hydrogen-bond donors (Lipinski definition) is 4. The molecule has 0 aromatic heterocycles. The Morgan fingerprint density at radius 3 is 0.800 bits per heavy atom. The molecule has 0 rings (SSSR count). The van der Waals surface area contributed by atoms with Crippen molar-refractivity contribution in [1.82, 2.24) is 0 Å². The van der Waals surface area contributed by atoms with Gasteiger partial charge in [-0.3, -0.25) is 0 Å². The summed E-state index contributed by atoms with van der Waals surface area (Å²) < 4.78 is 0. The second-order valence-corrected chi connectivity index (χ2v) is 0.565. The fourth-order valence-electron chi connectivity index (χ4n) is 0. The first-order valence-electron chi connectivity index (χ1n) is 1.30. The number of hydrogen-bond acceptors (Lipinski definition) is 2. The van der Waals surface area contributed by atoms with Gasteiger partial charge in [0.2, 0.25) is 0 Å². The minimum atomic E-state index is -1.83. The van der Waals surface area contributed by atoms with Gasteiger partial charge >= 0.3 is 12.3 Å². The van der Waals surface area contributed by atoms with Crippen molar-refractivity contribution in [2.24, 2.45) is 0 Å². The molecule has 0 amide bonds. The minimum absolute atomic E-state index is 0. The van der Waals surface area contributed by atoms with Gasteiger partial charge in [-0.1, -0.05) is 0 Å². The second kappa shape index (κ2) is 15.9. The maximum absolute atomic E-state index is 8.56. The van der Waals surface area contributed by atoms with E-state index < -0.39 is 12.3 Å². The van der Waals surface area contributed by atoms with Crippen LogP contribution in [0.3, 0.4) is 0 Å². The van der Waals surface area contributed by atoms with Gasteiger partial charge in [0.25, 0.3) is 0 Å². The van der Waals surface area contributed by atoms with Gasteiger partial charge in [0.1, 0.15) is 0 Å². The minimum Gasteiger partial charge on any atom is -0.450 e. The van der Waals surface area contributed by atoms with Gasteiger partial charge < -0.3 is 20.4 Å². The zero-order valence-corrected chi connectivity index (χ0v) is 7.28. The van der Waals surface area contributed by atoms with Crippen LogP contribution in [0.4, 0.5) is 9.59 Å². The molecule has 0 spiro atoms. The summed E-state index contributed by atoms with van der Waals surface area (Å²) in [5, 5.41) is 27.9. The van der Waals surface area contributed by atoms with E-state index in [-0.39, 0.29) is 36.8 Å². The molecule has 8 heteroatoms. The van der Waals surface area contributed by atoms with Crippen molar-refractivity contribution < 1.29 is 49.5 Å². The molecule has 0 aliphatic carbocycles. The van der Waals surface area contributed by atoms with E-state index in [1.54, 1.807) is 0 Å². The van der Waals surface area contributed by atoms with Crippen molar-refractivity contribution in [3.63, 3.8) is 0 Å². The molecule has 4 N–H and O–H groups in total. The van der Waals surface area contributed by atoms with Crippen molar-refractivity contribution in [1.29, 1.82) is 0 Å². The standard InChI is InChI=1S/2CH2O3.Al.Zn.3H/c2*2-1(3)4;;;;;/h2*(H2,2,3,4);;;;;. The summed E-state index contributed by atoms with van der Waals surface area (Å²) in [6.45, 7) is 0. The van der Waals surface area contributed by atoms with Gasteiger partial charge in [0, 0.05) is 19.5 Å². The summed E-state index contributed by atoms with van der Waals surface area (Å²) in [5.41, 5.74) is 0. The zero-order valence-electron chi connectivity index (χ0n) is 4.31. The van der Waals surface area contributed by atoms with E-state index in [9.17, 15) is 0 Å². The van der Waals surface area contributed by atoms with Gasteiger partial charge in [0.15, 0.2) is 17.4 Å². The molecule has 0 saturated heterocycles. The molecule has 0 bridgehead atoms. The SMILES string of the molecule is O=C(O)O.O=C(O)O.[AlH3].[Zn]. The molecule has 6 nitrogen and oxygen atoms in total. The molecule has 0 fully saturated rings. The first-order chi connectivity index (χ1) is 3.46. The van der Waals surface area contributed by atoms with Crippen LogP contribution in [-0.2, 0) is 19.5 Å². The number of carboxylic acid groups (broad SMARTS) is 4. The second-order valence-electron chi connectivity index (χ2n) is 0.565. The van der Waals surface area contributed by atoms with E-state index in [4.69, 9.17) is 30.0 Å². The Hall–Kier alpha value is -0.304. The Bertz CT molecular complexity index is 73.7. The summed E-state index contributed by atoms with van der Waals surface area (Å²) in [4.78, 5) is 17.1. The molecule has 0 aromatic carbocycles. The van der Waals surface area contributed by atoms with Crippen LogP contribution in [0.1, 0.15) is 0 Å². The van der Waals surface area contributed by atoms with Gasteiger partial charge in [-0.25, -0.2) is 9.59 Å². The van der Waals surface area contributed by atoms with Gasteiger partial charge in [-0.05, 0) is 0 Å². The van der Waals surface area contributed by atoms with E-state index in [1.807, 2.05) is 0 Å². The molecule has 56 valence electrons. The number of carbonyl (C=O) groups is 2. The molecule has 0 atom stereocenters. The summed E-state index contributed by atoms with van der Waals surface area (Å²) in [6.07, 6.45) is -3.67. The van der Waals surface area contributed by atoms with E-state index in [2.05, 4.69) is 0 Å². The largest absolute Gasteiger partial charge is 0.503 e. The topological polar surface area (TPSA) is 115 Å². The van der Waals surface area contributed by atoms with Crippen LogP contribution in [-0.4, -0.2) is 50.1 Å². The quantitative estimate of drug-likeness (QED) is 0.399. The third-order valence-electron chi connectivity index (χ3n) is 0. The van der Waals surface area contributed by atoms with Crippen molar-refractivity contribution >= 4 is 29.7 Å². The Morgan fingerprint density at radius 2 is 0.800 bits per heavy atom.